The van der Waals surface area contributed by atoms with Gasteiger partial charge >= 0.3 is 0 Å². The summed E-state index contributed by atoms with van der Waals surface area (Å²) in [5.41, 5.74) is 2.26. The van der Waals surface area contributed by atoms with E-state index in [-0.39, 0.29) is 5.91 Å². The molecule has 0 fully saturated rings. The Balaban J connectivity index is 2.01. The van der Waals surface area contributed by atoms with E-state index in [0.29, 0.717) is 21.3 Å². The van der Waals surface area contributed by atoms with E-state index in [1.807, 2.05) is 36.4 Å². The van der Waals surface area contributed by atoms with Crippen LogP contribution in [0.4, 0.5) is 11.4 Å². The lowest BCUT2D eigenvalue weighted by Gasteiger charge is -2.18. The molecular formula is C17H9Cl2NO. The third-order valence-corrected chi connectivity index (χ3v) is 4.10. The average molecular weight is 314 g/mol. The third kappa shape index (κ3) is 1.84. The highest BCUT2D eigenvalue weighted by Crippen LogP contribution is 2.42. The van der Waals surface area contributed by atoms with Crippen molar-refractivity contribution in [3.63, 3.8) is 0 Å². The highest BCUT2D eigenvalue weighted by atomic mass is 35.5. The van der Waals surface area contributed by atoms with Crippen LogP contribution in [0.3, 0.4) is 0 Å². The fraction of sp³-hybridized carbons (Fsp3) is 0. The molecule has 0 aliphatic carbocycles. The zero-order chi connectivity index (χ0) is 14.6. The van der Waals surface area contributed by atoms with Gasteiger partial charge in [-0.2, -0.15) is 0 Å². The smallest absolute Gasteiger partial charge is 0.263 e. The number of halogens is 2. The second kappa shape index (κ2) is 4.48. The number of hydrogen-bond donors (Lipinski definition) is 0. The summed E-state index contributed by atoms with van der Waals surface area (Å²) in [6, 6.07) is 16.8. The first-order chi connectivity index (χ1) is 10.1. The Kier molecular flexibility index (Phi) is 2.71. The van der Waals surface area contributed by atoms with Gasteiger partial charge in [-0.3, -0.25) is 9.69 Å². The lowest BCUT2D eigenvalue weighted by molar-refractivity contribution is 0.100. The largest absolute Gasteiger partial charge is 0.276 e. The summed E-state index contributed by atoms with van der Waals surface area (Å²) < 4.78 is 0. The van der Waals surface area contributed by atoms with Crippen molar-refractivity contribution in [1.82, 2.24) is 0 Å². The number of benzene rings is 3. The molecule has 1 heterocycles. The number of nitrogens with zero attached hydrogens (tertiary/aromatic N) is 1. The standard InChI is InChI=1S/C17H9Cl2NO/c18-11-7-12(19)9-13(8-11)20-15-6-2-4-10-3-1-5-14(16(10)15)17(20)21/h1-9H. The summed E-state index contributed by atoms with van der Waals surface area (Å²) in [4.78, 5) is 14.4. The lowest BCUT2D eigenvalue weighted by Crippen LogP contribution is -2.20. The molecule has 0 aromatic heterocycles. The number of carbonyl (C=O) groups excluding carboxylic acids is 1. The van der Waals surface area contributed by atoms with Crippen LogP contribution in [-0.2, 0) is 0 Å². The molecule has 0 saturated carbocycles. The second-order valence-electron chi connectivity index (χ2n) is 4.95. The van der Waals surface area contributed by atoms with Gasteiger partial charge in [-0.15, -0.1) is 0 Å². The first-order valence-electron chi connectivity index (χ1n) is 6.47. The number of rotatable bonds is 1. The van der Waals surface area contributed by atoms with Gasteiger partial charge in [0.15, 0.2) is 0 Å². The summed E-state index contributed by atoms with van der Waals surface area (Å²) in [5.74, 6) is -0.0554. The molecule has 3 aromatic rings. The molecule has 4 heteroatoms. The van der Waals surface area contributed by atoms with Gasteiger partial charge in [-0.25, -0.2) is 0 Å². The first kappa shape index (κ1) is 12.7. The minimum atomic E-state index is -0.0554. The van der Waals surface area contributed by atoms with Crippen LogP contribution in [-0.4, -0.2) is 5.91 Å². The van der Waals surface area contributed by atoms with Crippen molar-refractivity contribution >= 4 is 51.3 Å². The van der Waals surface area contributed by atoms with Crippen molar-refractivity contribution in [3.8, 4) is 0 Å². The fourth-order valence-electron chi connectivity index (χ4n) is 2.84. The highest BCUT2D eigenvalue weighted by molar-refractivity contribution is 6.36. The van der Waals surface area contributed by atoms with E-state index in [4.69, 9.17) is 23.2 Å². The summed E-state index contributed by atoms with van der Waals surface area (Å²) in [7, 11) is 0. The van der Waals surface area contributed by atoms with Gasteiger partial charge in [0.05, 0.1) is 16.9 Å². The van der Waals surface area contributed by atoms with Gasteiger partial charge in [0.25, 0.3) is 5.91 Å². The molecule has 2 nitrogen and oxygen atoms in total. The van der Waals surface area contributed by atoms with Crippen molar-refractivity contribution in [2.24, 2.45) is 0 Å². The summed E-state index contributed by atoms with van der Waals surface area (Å²) in [6.07, 6.45) is 0. The highest BCUT2D eigenvalue weighted by Gasteiger charge is 2.30. The SMILES string of the molecule is O=C1c2cccc3cccc(c23)N1c1cc(Cl)cc(Cl)c1. The van der Waals surface area contributed by atoms with Crippen LogP contribution in [0.15, 0.2) is 54.6 Å². The van der Waals surface area contributed by atoms with Gasteiger partial charge in [0.1, 0.15) is 0 Å². The molecule has 21 heavy (non-hydrogen) atoms. The van der Waals surface area contributed by atoms with Crippen molar-refractivity contribution < 1.29 is 4.79 Å². The maximum Gasteiger partial charge on any atom is 0.263 e. The molecule has 4 rings (SSSR count). The van der Waals surface area contributed by atoms with Gasteiger partial charge < -0.3 is 0 Å². The molecule has 0 unspecified atom stereocenters. The van der Waals surface area contributed by atoms with Crippen molar-refractivity contribution in [1.29, 1.82) is 0 Å². The Hall–Kier alpha value is -2.03. The zero-order valence-corrected chi connectivity index (χ0v) is 12.3. The maximum atomic E-state index is 12.7. The maximum absolute atomic E-state index is 12.7. The molecule has 1 aliphatic rings. The Morgan fingerprint density at radius 1 is 0.857 bits per heavy atom. The number of amides is 1. The molecule has 1 amide bonds. The summed E-state index contributed by atoms with van der Waals surface area (Å²) >= 11 is 12.1. The minimum absolute atomic E-state index is 0.0554. The fourth-order valence-corrected chi connectivity index (χ4v) is 3.35. The predicted molar refractivity (Wildman–Crippen MR) is 86.9 cm³/mol. The molecule has 0 N–H and O–H groups in total. The normalized spacial score (nSPS) is 13.2. The molecule has 0 saturated heterocycles. The van der Waals surface area contributed by atoms with E-state index in [9.17, 15) is 4.79 Å². The molecule has 3 aromatic carbocycles. The summed E-state index contributed by atoms with van der Waals surface area (Å²) in [5, 5.41) is 3.04. The van der Waals surface area contributed by atoms with Crippen LogP contribution in [0.25, 0.3) is 10.8 Å². The second-order valence-corrected chi connectivity index (χ2v) is 5.82. The Labute approximate surface area is 131 Å². The molecular weight excluding hydrogens is 305 g/mol. The lowest BCUT2D eigenvalue weighted by atomic mass is 10.1. The number of hydrogen-bond acceptors (Lipinski definition) is 1. The van der Waals surface area contributed by atoms with E-state index in [1.54, 1.807) is 23.1 Å². The van der Waals surface area contributed by atoms with Crippen LogP contribution in [0.5, 0.6) is 0 Å². The third-order valence-electron chi connectivity index (χ3n) is 3.66. The van der Waals surface area contributed by atoms with Crippen LogP contribution in [0.2, 0.25) is 10.0 Å². The van der Waals surface area contributed by atoms with Crippen LogP contribution < -0.4 is 4.90 Å². The molecule has 0 spiro atoms. The molecule has 1 aliphatic heterocycles. The average Bonchev–Trinajstić information content (AvgIpc) is 2.73. The molecule has 0 bridgehead atoms. The Morgan fingerprint density at radius 3 is 2.24 bits per heavy atom. The van der Waals surface area contributed by atoms with E-state index >= 15 is 0 Å². The van der Waals surface area contributed by atoms with Crippen molar-refractivity contribution in [2.75, 3.05) is 4.90 Å². The van der Waals surface area contributed by atoms with E-state index in [0.717, 1.165) is 16.5 Å². The monoisotopic (exact) mass is 313 g/mol. The molecule has 0 radical (unpaired) electrons. The zero-order valence-electron chi connectivity index (χ0n) is 10.8. The predicted octanol–water partition coefficient (Wildman–Crippen LogP) is 5.44. The topological polar surface area (TPSA) is 20.3 Å². The number of anilines is 2. The van der Waals surface area contributed by atoms with E-state index in [1.165, 1.54) is 0 Å². The quantitative estimate of drug-likeness (QED) is 0.586. The molecule has 102 valence electrons. The first-order valence-corrected chi connectivity index (χ1v) is 7.23. The summed E-state index contributed by atoms with van der Waals surface area (Å²) in [6.45, 7) is 0. The van der Waals surface area contributed by atoms with Gasteiger partial charge in [0, 0.05) is 15.4 Å². The molecule has 0 atom stereocenters. The van der Waals surface area contributed by atoms with Crippen LogP contribution >= 0.6 is 23.2 Å². The van der Waals surface area contributed by atoms with Crippen LogP contribution in [0, 0.1) is 0 Å². The van der Waals surface area contributed by atoms with Crippen molar-refractivity contribution in [2.45, 2.75) is 0 Å². The number of carbonyl (C=O) groups is 1. The van der Waals surface area contributed by atoms with Gasteiger partial charge in [-0.1, -0.05) is 47.5 Å². The Bertz CT molecular complexity index is 879. The van der Waals surface area contributed by atoms with Gasteiger partial charge in [0.2, 0.25) is 0 Å². The van der Waals surface area contributed by atoms with Gasteiger partial charge in [-0.05, 0) is 35.7 Å². The minimum Gasteiger partial charge on any atom is -0.276 e. The van der Waals surface area contributed by atoms with Crippen molar-refractivity contribution in [3.05, 3.63) is 70.2 Å². The van der Waals surface area contributed by atoms with E-state index in [2.05, 4.69) is 0 Å². The Morgan fingerprint density at radius 2 is 1.52 bits per heavy atom. The van der Waals surface area contributed by atoms with E-state index < -0.39 is 0 Å². The van der Waals surface area contributed by atoms with Crippen LogP contribution in [0.1, 0.15) is 10.4 Å².